The first-order valence-corrected chi connectivity index (χ1v) is 4.98. The Balaban J connectivity index is 2.46. The van der Waals surface area contributed by atoms with Crippen molar-refractivity contribution in [3.05, 3.63) is 48.0 Å². The highest BCUT2D eigenvalue weighted by Gasteiger charge is 2.02. The Morgan fingerprint density at radius 2 is 1.94 bits per heavy atom. The fourth-order valence-electron chi connectivity index (χ4n) is 1.56. The summed E-state index contributed by atoms with van der Waals surface area (Å²) in [5.41, 5.74) is 8.42. The van der Waals surface area contributed by atoms with Gasteiger partial charge in [0.1, 0.15) is 5.82 Å². The number of nitriles is 1. The van der Waals surface area contributed by atoms with Gasteiger partial charge in [-0.3, -0.25) is 0 Å². The van der Waals surface area contributed by atoms with Crippen LogP contribution in [0.15, 0.2) is 42.5 Å². The zero-order valence-corrected chi connectivity index (χ0v) is 8.72. The van der Waals surface area contributed by atoms with Crippen molar-refractivity contribution in [1.29, 1.82) is 5.26 Å². The smallest absolute Gasteiger partial charge is 0.124 e. The molecule has 0 amide bonds. The van der Waals surface area contributed by atoms with Crippen LogP contribution in [0.3, 0.4) is 0 Å². The average molecular weight is 209 g/mol. The van der Waals surface area contributed by atoms with E-state index in [1.807, 2.05) is 36.4 Å². The second kappa shape index (κ2) is 4.45. The topological polar surface area (TPSA) is 62.7 Å². The molecule has 0 atom stereocenters. The van der Waals surface area contributed by atoms with Crippen LogP contribution >= 0.6 is 0 Å². The minimum absolute atomic E-state index is 0.354. The first kappa shape index (κ1) is 10.2. The maximum Gasteiger partial charge on any atom is 0.124 e. The number of hydrogen-bond donors (Lipinski definition) is 1. The second-order valence-corrected chi connectivity index (χ2v) is 3.49. The molecule has 0 radical (unpaired) electrons. The van der Waals surface area contributed by atoms with E-state index in [4.69, 9.17) is 11.0 Å². The van der Waals surface area contributed by atoms with Gasteiger partial charge in [0.2, 0.25) is 0 Å². The van der Waals surface area contributed by atoms with Crippen LogP contribution in [-0.2, 0) is 6.42 Å². The van der Waals surface area contributed by atoms with E-state index in [0.717, 1.165) is 16.8 Å². The maximum atomic E-state index is 8.66. The number of pyridine rings is 1. The summed E-state index contributed by atoms with van der Waals surface area (Å²) >= 11 is 0. The van der Waals surface area contributed by atoms with Crippen LogP contribution < -0.4 is 5.73 Å². The zero-order chi connectivity index (χ0) is 11.4. The number of nitrogens with two attached hydrogens (primary N) is 1. The largest absolute Gasteiger partial charge is 0.384 e. The first-order chi connectivity index (χ1) is 7.79. The SMILES string of the molecule is N#CCc1cc(N)nc(-c2ccccc2)c1. The van der Waals surface area contributed by atoms with E-state index >= 15 is 0 Å². The third-order valence-corrected chi connectivity index (χ3v) is 2.26. The summed E-state index contributed by atoms with van der Waals surface area (Å²) in [6.45, 7) is 0. The van der Waals surface area contributed by atoms with Crippen LogP contribution in [0.2, 0.25) is 0 Å². The van der Waals surface area contributed by atoms with E-state index < -0.39 is 0 Å². The molecule has 78 valence electrons. The molecule has 0 bridgehead atoms. The molecule has 0 spiro atoms. The molecule has 0 aliphatic heterocycles. The molecule has 1 heterocycles. The maximum absolute atomic E-state index is 8.66. The summed E-state index contributed by atoms with van der Waals surface area (Å²) in [6.07, 6.45) is 0.354. The van der Waals surface area contributed by atoms with E-state index in [0.29, 0.717) is 12.2 Å². The van der Waals surface area contributed by atoms with E-state index in [9.17, 15) is 0 Å². The molecule has 16 heavy (non-hydrogen) atoms. The van der Waals surface area contributed by atoms with Crippen LogP contribution in [0.1, 0.15) is 5.56 Å². The van der Waals surface area contributed by atoms with Crippen LogP contribution in [-0.4, -0.2) is 4.98 Å². The van der Waals surface area contributed by atoms with E-state index in [2.05, 4.69) is 11.1 Å². The highest BCUT2D eigenvalue weighted by atomic mass is 14.8. The molecule has 0 aliphatic carbocycles. The lowest BCUT2D eigenvalue weighted by atomic mass is 10.1. The van der Waals surface area contributed by atoms with Gasteiger partial charge in [0.15, 0.2) is 0 Å². The molecule has 1 aromatic heterocycles. The van der Waals surface area contributed by atoms with Gasteiger partial charge in [-0.25, -0.2) is 4.98 Å². The highest BCUT2D eigenvalue weighted by molar-refractivity contribution is 5.62. The molecule has 0 saturated heterocycles. The summed E-state index contributed by atoms with van der Waals surface area (Å²) in [7, 11) is 0. The fourth-order valence-corrected chi connectivity index (χ4v) is 1.56. The van der Waals surface area contributed by atoms with Gasteiger partial charge in [0.05, 0.1) is 18.2 Å². The van der Waals surface area contributed by atoms with Crippen LogP contribution in [0.4, 0.5) is 5.82 Å². The van der Waals surface area contributed by atoms with Gasteiger partial charge < -0.3 is 5.73 Å². The second-order valence-electron chi connectivity index (χ2n) is 3.49. The zero-order valence-electron chi connectivity index (χ0n) is 8.72. The summed E-state index contributed by atoms with van der Waals surface area (Å²) in [5, 5.41) is 8.66. The van der Waals surface area contributed by atoms with Crippen molar-refractivity contribution in [3.63, 3.8) is 0 Å². The summed E-state index contributed by atoms with van der Waals surface area (Å²) in [5.74, 6) is 0.451. The van der Waals surface area contributed by atoms with Gasteiger partial charge in [-0.1, -0.05) is 30.3 Å². The number of rotatable bonds is 2. The number of hydrogen-bond acceptors (Lipinski definition) is 3. The van der Waals surface area contributed by atoms with Crippen molar-refractivity contribution in [2.45, 2.75) is 6.42 Å². The Hall–Kier alpha value is -2.34. The lowest BCUT2D eigenvalue weighted by Gasteiger charge is -2.04. The van der Waals surface area contributed by atoms with Gasteiger partial charge in [0, 0.05) is 5.56 Å². The Morgan fingerprint density at radius 1 is 1.19 bits per heavy atom. The molecule has 2 N–H and O–H groups in total. The Bertz CT molecular complexity index is 527. The van der Waals surface area contributed by atoms with E-state index in [1.165, 1.54) is 0 Å². The number of aromatic nitrogens is 1. The number of nitrogen functional groups attached to an aromatic ring is 1. The highest BCUT2D eigenvalue weighted by Crippen LogP contribution is 2.19. The minimum atomic E-state index is 0.354. The summed E-state index contributed by atoms with van der Waals surface area (Å²) in [4.78, 5) is 4.25. The third-order valence-electron chi connectivity index (χ3n) is 2.26. The molecule has 2 rings (SSSR count). The number of benzene rings is 1. The van der Waals surface area contributed by atoms with Crippen molar-refractivity contribution < 1.29 is 0 Å². The molecule has 0 unspecified atom stereocenters. The van der Waals surface area contributed by atoms with Gasteiger partial charge in [-0.2, -0.15) is 5.26 Å². The van der Waals surface area contributed by atoms with Gasteiger partial charge in [-0.15, -0.1) is 0 Å². The monoisotopic (exact) mass is 209 g/mol. The number of anilines is 1. The molecule has 0 aliphatic rings. The lowest BCUT2D eigenvalue weighted by molar-refractivity contribution is 1.22. The predicted molar refractivity (Wildman–Crippen MR) is 63.4 cm³/mol. The standard InChI is InChI=1S/C13H11N3/c14-7-6-10-8-12(16-13(15)9-10)11-4-2-1-3-5-11/h1-5,8-9H,6H2,(H2,15,16). The van der Waals surface area contributed by atoms with E-state index in [1.54, 1.807) is 6.07 Å². The molecular formula is C13H11N3. The van der Waals surface area contributed by atoms with Gasteiger partial charge in [-0.05, 0) is 17.7 Å². The van der Waals surface area contributed by atoms with Crippen LogP contribution in [0.5, 0.6) is 0 Å². The predicted octanol–water partition coefficient (Wildman–Crippen LogP) is 2.40. The molecule has 3 heteroatoms. The lowest BCUT2D eigenvalue weighted by Crippen LogP contribution is -1.95. The van der Waals surface area contributed by atoms with Crippen molar-refractivity contribution in [2.24, 2.45) is 0 Å². The normalized spacial score (nSPS) is 9.69. The summed E-state index contributed by atoms with van der Waals surface area (Å²) in [6, 6.07) is 15.5. The Kier molecular flexibility index (Phi) is 2.84. The Morgan fingerprint density at radius 3 is 2.62 bits per heavy atom. The molecule has 3 nitrogen and oxygen atoms in total. The molecule has 0 fully saturated rings. The quantitative estimate of drug-likeness (QED) is 0.826. The number of nitrogens with zero attached hydrogens (tertiary/aromatic N) is 2. The third kappa shape index (κ3) is 2.18. The Labute approximate surface area is 94.2 Å². The average Bonchev–Trinajstić information content (AvgIpc) is 2.30. The van der Waals surface area contributed by atoms with Crippen molar-refractivity contribution in [1.82, 2.24) is 4.98 Å². The molecule has 1 aromatic carbocycles. The minimum Gasteiger partial charge on any atom is -0.384 e. The van der Waals surface area contributed by atoms with Crippen molar-refractivity contribution in [2.75, 3.05) is 5.73 Å². The molecule has 2 aromatic rings. The van der Waals surface area contributed by atoms with Crippen molar-refractivity contribution >= 4 is 5.82 Å². The van der Waals surface area contributed by atoms with Crippen LogP contribution in [0, 0.1) is 11.3 Å². The van der Waals surface area contributed by atoms with Gasteiger partial charge >= 0.3 is 0 Å². The van der Waals surface area contributed by atoms with Crippen LogP contribution in [0.25, 0.3) is 11.3 Å². The summed E-state index contributed by atoms with van der Waals surface area (Å²) < 4.78 is 0. The van der Waals surface area contributed by atoms with E-state index in [-0.39, 0.29) is 0 Å². The fraction of sp³-hybridized carbons (Fsp3) is 0.0769. The van der Waals surface area contributed by atoms with Crippen molar-refractivity contribution in [3.8, 4) is 17.3 Å². The molecular weight excluding hydrogens is 198 g/mol. The molecule has 0 saturated carbocycles. The first-order valence-electron chi connectivity index (χ1n) is 4.98. The van der Waals surface area contributed by atoms with Gasteiger partial charge in [0.25, 0.3) is 0 Å².